The van der Waals surface area contributed by atoms with E-state index < -0.39 is 0 Å². The Morgan fingerprint density at radius 1 is 1.40 bits per heavy atom. The molecule has 1 aliphatic rings. The van der Waals surface area contributed by atoms with Gasteiger partial charge in [0.1, 0.15) is 5.82 Å². The third-order valence-electron chi connectivity index (χ3n) is 3.22. The lowest BCUT2D eigenvalue weighted by molar-refractivity contribution is -0.131. The number of amides is 1. The lowest BCUT2D eigenvalue weighted by atomic mass is 10.2. The summed E-state index contributed by atoms with van der Waals surface area (Å²) >= 11 is 12.0. The predicted octanol–water partition coefficient (Wildman–Crippen LogP) is 1.77. The maximum Gasteiger partial charge on any atom is 0.224 e. The first-order chi connectivity index (χ1) is 9.47. The zero-order valence-corrected chi connectivity index (χ0v) is 12.9. The number of carbonyl (C=O) groups excluding carboxylic acids is 1. The summed E-state index contributed by atoms with van der Waals surface area (Å²) in [5.74, 6) is 0.824. The van der Waals surface area contributed by atoms with E-state index in [0.29, 0.717) is 42.6 Å². The molecule has 1 aromatic rings. The molecule has 0 bridgehead atoms. The third kappa shape index (κ3) is 3.75. The molecule has 7 heteroatoms. The van der Waals surface area contributed by atoms with Crippen molar-refractivity contribution in [2.75, 3.05) is 31.1 Å². The van der Waals surface area contributed by atoms with Crippen molar-refractivity contribution in [2.24, 2.45) is 5.73 Å². The highest BCUT2D eigenvalue weighted by Gasteiger charge is 2.23. The number of piperazine rings is 1. The maximum absolute atomic E-state index is 11.9. The summed E-state index contributed by atoms with van der Waals surface area (Å²) < 4.78 is 0. The molecule has 0 spiro atoms. The van der Waals surface area contributed by atoms with Crippen molar-refractivity contribution >= 4 is 34.9 Å². The molecule has 1 aromatic heterocycles. The lowest BCUT2D eigenvalue weighted by Crippen LogP contribution is -2.49. The molecule has 2 rings (SSSR count). The van der Waals surface area contributed by atoms with Gasteiger partial charge in [-0.2, -0.15) is 0 Å². The first-order valence-corrected chi connectivity index (χ1v) is 7.32. The lowest BCUT2D eigenvalue weighted by Gasteiger charge is -2.36. The van der Waals surface area contributed by atoms with Crippen LogP contribution in [-0.2, 0) is 4.79 Å². The van der Waals surface area contributed by atoms with E-state index in [1.165, 1.54) is 0 Å². The Morgan fingerprint density at radius 2 is 2.05 bits per heavy atom. The summed E-state index contributed by atoms with van der Waals surface area (Å²) in [5, 5.41) is 1.05. The number of carbonyl (C=O) groups is 1. The standard InChI is InChI=1S/C13H18Cl2N4O/c1-9(16)6-12(20)18-2-4-19(5-3-18)13-11(15)7-10(14)8-17-13/h7-9H,2-6,16H2,1H3. The Morgan fingerprint density at radius 3 is 2.60 bits per heavy atom. The van der Waals surface area contributed by atoms with Crippen LogP contribution in [-0.4, -0.2) is 48.0 Å². The van der Waals surface area contributed by atoms with Crippen molar-refractivity contribution in [3.05, 3.63) is 22.3 Å². The van der Waals surface area contributed by atoms with E-state index in [4.69, 9.17) is 28.9 Å². The molecule has 1 amide bonds. The SMILES string of the molecule is CC(N)CC(=O)N1CCN(c2ncc(Cl)cc2Cl)CC1. The molecule has 2 N–H and O–H groups in total. The molecule has 5 nitrogen and oxygen atoms in total. The highest BCUT2D eigenvalue weighted by molar-refractivity contribution is 6.36. The fraction of sp³-hybridized carbons (Fsp3) is 0.538. The summed E-state index contributed by atoms with van der Waals surface area (Å²) in [6.45, 7) is 4.57. The summed E-state index contributed by atoms with van der Waals surface area (Å²) in [6, 6.07) is 1.58. The molecule has 110 valence electrons. The largest absolute Gasteiger partial charge is 0.352 e. The Labute approximate surface area is 128 Å². The van der Waals surface area contributed by atoms with Gasteiger partial charge in [0.2, 0.25) is 5.91 Å². The van der Waals surface area contributed by atoms with Crippen molar-refractivity contribution in [1.29, 1.82) is 0 Å². The van der Waals surface area contributed by atoms with Crippen LogP contribution in [0.25, 0.3) is 0 Å². The van der Waals surface area contributed by atoms with Crippen LogP contribution in [0, 0.1) is 0 Å². The first kappa shape index (κ1) is 15.4. The number of hydrogen-bond donors (Lipinski definition) is 1. The number of halogens is 2. The number of aromatic nitrogens is 1. The third-order valence-corrected chi connectivity index (χ3v) is 3.70. The second-order valence-corrected chi connectivity index (χ2v) is 5.85. The second kappa shape index (κ2) is 6.61. The Balaban J connectivity index is 1.95. The maximum atomic E-state index is 11.9. The van der Waals surface area contributed by atoms with Gasteiger partial charge < -0.3 is 15.5 Å². The molecule has 0 saturated carbocycles. The smallest absolute Gasteiger partial charge is 0.224 e. The molecule has 0 aliphatic carbocycles. The number of anilines is 1. The van der Waals surface area contributed by atoms with Crippen molar-refractivity contribution < 1.29 is 4.79 Å². The summed E-state index contributed by atoms with van der Waals surface area (Å²) in [4.78, 5) is 20.1. The number of nitrogens with zero attached hydrogens (tertiary/aromatic N) is 3. The highest BCUT2D eigenvalue weighted by Crippen LogP contribution is 2.26. The fourth-order valence-corrected chi connectivity index (χ4v) is 2.71. The van der Waals surface area contributed by atoms with E-state index in [0.717, 1.165) is 5.82 Å². The van der Waals surface area contributed by atoms with Gasteiger partial charge in [-0.3, -0.25) is 4.79 Å². The average Bonchev–Trinajstić information content (AvgIpc) is 2.38. The van der Waals surface area contributed by atoms with Crippen LogP contribution in [0.5, 0.6) is 0 Å². The number of rotatable bonds is 3. The molecule has 1 fully saturated rings. The fourth-order valence-electron chi connectivity index (χ4n) is 2.21. The summed E-state index contributed by atoms with van der Waals surface area (Å²) in [6.07, 6.45) is 1.97. The van der Waals surface area contributed by atoms with E-state index in [2.05, 4.69) is 9.88 Å². The normalized spacial score (nSPS) is 17.2. The minimum atomic E-state index is -0.104. The zero-order chi connectivity index (χ0) is 14.7. The first-order valence-electron chi connectivity index (χ1n) is 6.56. The Kier molecular flexibility index (Phi) is 5.07. The molecule has 2 heterocycles. The molecule has 0 radical (unpaired) electrons. The van der Waals surface area contributed by atoms with E-state index in [1.54, 1.807) is 12.3 Å². The van der Waals surface area contributed by atoms with Crippen LogP contribution in [0.3, 0.4) is 0 Å². The average molecular weight is 317 g/mol. The van der Waals surface area contributed by atoms with Gasteiger partial charge in [0.15, 0.2) is 0 Å². The van der Waals surface area contributed by atoms with Gasteiger partial charge in [-0.05, 0) is 13.0 Å². The predicted molar refractivity (Wildman–Crippen MR) is 81.3 cm³/mol. The highest BCUT2D eigenvalue weighted by atomic mass is 35.5. The number of pyridine rings is 1. The second-order valence-electron chi connectivity index (χ2n) is 5.01. The topological polar surface area (TPSA) is 62.5 Å². The molecular weight excluding hydrogens is 299 g/mol. The van der Waals surface area contributed by atoms with Gasteiger partial charge in [0, 0.05) is 44.8 Å². The monoisotopic (exact) mass is 316 g/mol. The van der Waals surface area contributed by atoms with Crippen molar-refractivity contribution in [2.45, 2.75) is 19.4 Å². The van der Waals surface area contributed by atoms with Crippen LogP contribution in [0.15, 0.2) is 12.3 Å². The van der Waals surface area contributed by atoms with Crippen LogP contribution in [0.4, 0.5) is 5.82 Å². The van der Waals surface area contributed by atoms with Gasteiger partial charge in [-0.25, -0.2) is 4.98 Å². The van der Waals surface area contributed by atoms with Gasteiger partial charge in [0.05, 0.1) is 10.0 Å². The molecule has 20 heavy (non-hydrogen) atoms. The molecular formula is C13H18Cl2N4O. The summed E-state index contributed by atoms with van der Waals surface area (Å²) in [7, 11) is 0. The quantitative estimate of drug-likeness (QED) is 0.923. The van der Waals surface area contributed by atoms with Gasteiger partial charge in [-0.15, -0.1) is 0 Å². The molecule has 1 unspecified atom stereocenters. The van der Waals surface area contributed by atoms with Crippen molar-refractivity contribution in [3.8, 4) is 0 Å². The van der Waals surface area contributed by atoms with E-state index in [-0.39, 0.29) is 11.9 Å². The molecule has 1 saturated heterocycles. The van der Waals surface area contributed by atoms with E-state index >= 15 is 0 Å². The van der Waals surface area contributed by atoms with Gasteiger partial charge >= 0.3 is 0 Å². The minimum absolute atomic E-state index is 0.104. The number of nitrogens with two attached hydrogens (primary N) is 1. The Bertz CT molecular complexity index is 487. The van der Waals surface area contributed by atoms with E-state index in [9.17, 15) is 4.79 Å². The molecule has 1 aliphatic heterocycles. The van der Waals surface area contributed by atoms with Gasteiger partial charge in [0.25, 0.3) is 0 Å². The molecule has 0 aromatic carbocycles. The van der Waals surface area contributed by atoms with Crippen LogP contribution < -0.4 is 10.6 Å². The van der Waals surface area contributed by atoms with E-state index in [1.807, 2.05) is 11.8 Å². The summed E-state index contributed by atoms with van der Waals surface area (Å²) in [5.41, 5.74) is 5.65. The molecule has 1 atom stereocenters. The van der Waals surface area contributed by atoms with Crippen molar-refractivity contribution in [1.82, 2.24) is 9.88 Å². The minimum Gasteiger partial charge on any atom is -0.352 e. The van der Waals surface area contributed by atoms with Crippen LogP contribution in [0.2, 0.25) is 10.0 Å². The Hall–Kier alpha value is -1.04. The number of hydrogen-bond acceptors (Lipinski definition) is 4. The van der Waals surface area contributed by atoms with Crippen LogP contribution >= 0.6 is 23.2 Å². The zero-order valence-electron chi connectivity index (χ0n) is 11.4. The van der Waals surface area contributed by atoms with Crippen LogP contribution in [0.1, 0.15) is 13.3 Å². The van der Waals surface area contributed by atoms with Crippen molar-refractivity contribution in [3.63, 3.8) is 0 Å². The van der Waals surface area contributed by atoms with Gasteiger partial charge in [-0.1, -0.05) is 23.2 Å².